The Morgan fingerprint density at radius 2 is 1.90 bits per heavy atom. The normalized spacial score (nSPS) is 18.8. The van der Waals surface area contributed by atoms with Gasteiger partial charge in [0.15, 0.2) is 0 Å². The zero-order chi connectivity index (χ0) is 21.0. The van der Waals surface area contributed by atoms with Crippen LogP contribution in [0.5, 0.6) is 5.75 Å². The second-order valence-electron chi connectivity index (χ2n) is 7.43. The number of benzene rings is 2. The van der Waals surface area contributed by atoms with Crippen LogP contribution >= 0.6 is 0 Å². The van der Waals surface area contributed by atoms with Gasteiger partial charge in [-0.2, -0.15) is 4.31 Å². The summed E-state index contributed by atoms with van der Waals surface area (Å²) in [7, 11) is -2.33. The Balaban J connectivity index is 1.89. The van der Waals surface area contributed by atoms with Gasteiger partial charge >= 0.3 is 0 Å². The molecule has 6 nitrogen and oxygen atoms in total. The van der Waals surface area contributed by atoms with E-state index in [4.69, 9.17) is 4.74 Å². The van der Waals surface area contributed by atoms with Crippen molar-refractivity contribution in [2.24, 2.45) is 0 Å². The predicted molar refractivity (Wildman–Crippen MR) is 113 cm³/mol. The van der Waals surface area contributed by atoms with Crippen molar-refractivity contribution in [1.82, 2.24) is 9.62 Å². The minimum atomic E-state index is -3.76. The standard InChI is InChI=1S/C22H28N2O4S/c1-16-9-7-8-14-24(16)29(26,27)21-15-19(12-13-20(21)28-3)22(25)23-17(2)18-10-5-4-6-11-18/h4-6,10-13,15-17H,7-9,14H2,1-3H3,(H,23,25)/t16-,17-/m1/s1. The Bertz CT molecular complexity index is 960. The maximum Gasteiger partial charge on any atom is 0.251 e. The Kier molecular flexibility index (Phi) is 6.59. The first-order chi connectivity index (χ1) is 13.8. The Hall–Kier alpha value is -2.38. The van der Waals surface area contributed by atoms with Gasteiger partial charge in [0.1, 0.15) is 10.6 Å². The zero-order valence-electron chi connectivity index (χ0n) is 17.1. The number of hydrogen-bond acceptors (Lipinski definition) is 4. The lowest BCUT2D eigenvalue weighted by Gasteiger charge is -2.32. The van der Waals surface area contributed by atoms with Crippen molar-refractivity contribution in [2.75, 3.05) is 13.7 Å². The number of amides is 1. The molecule has 1 amide bonds. The highest BCUT2D eigenvalue weighted by molar-refractivity contribution is 7.89. The number of carbonyl (C=O) groups excluding carboxylic acids is 1. The molecule has 156 valence electrons. The van der Waals surface area contributed by atoms with Crippen LogP contribution in [0.1, 0.15) is 55.1 Å². The predicted octanol–water partition coefficient (Wildman–Crippen LogP) is 3.75. The third kappa shape index (κ3) is 4.62. The van der Waals surface area contributed by atoms with Crippen LogP contribution in [0.2, 0.25) is 0 Å². The number of nitrogens with zero attached hydrogens (tertiary/aromatic N) is 1. The summed E-state index contributed by atoms with van der Waals surface area (Å²) >= 11 is 0. The van der Waals surface area contributed by atoms with Crippen molar-refractivity contribution in [3.8, 4) is 5.75 Å². The molecular weight excluding hydrogens is 388 g/mol. The fraction of sp³-hybridized carbons (Fsp3) is 0.409. The van der Waals surface area contributed by atoms with Gasteiger partial charge in [0.2, 0.25) is 10.0 Å². The number of methoxy groups -OCH3 is 1. The first-order valence-corrected chi connectivity index (χ1v) is 11.3. The third-order valence-corrected chi connectivity index (χ3v) is 7.44. The molecule has 2 aromatic rings. The van der Waals surface area contributed by atoms with E-state index in [-0.39, 0.29) is 34.2 Å². The van der Waals surface area contributed by atoms with E-state index in [2.05, 4.69) is 5.32 Å². The van der Waals surface area contributed by atoms with Crippen LogP contribution in [0.3, 0.4) is 0 Å². The van der Waals surface area contributed by atoms with E-state index in [1.54, 1.807) is 12.1 Å². The number of ether oxygens (including phenoxy) is 1. The summed E-state index contributed by atoms with van der Waals surface area (Å²) in [4.78, 5) is 12.8. The molecule has 0 unspecified atom stereocenters. The van der Waals surface area contributed by atoms with E-state index >= 15 is 0 Å². The minimum absolute atomic E-state index is 0.0359. The van der Waals surface area contributed by atoms with Crippen LogP contribution in [0.25, 0.3) is 0 Å². The Morgan fingerprint density at radius 1 is 1.17 bits per heavy atom. The lowest BCUT2D eigenvalue weighted by Crippen LogP contribution is -2.42. The summed E-state index contributed by atoms with van der Waals surface area (Å²) in [6.07, 6.45) is 2.68. The smallest absolute Gasteiger partial charge is 0.251 e. The van der Waals surface area contributed by atoms with E-state index in [1.807, 2.05) is 44.2 Å². The summed E-state index contributed by atoms with van der Waals surface area (Å²) in [5.74, 6) is -0.0809. The number of rotatable bonds is 6. The lowest BCUT2D eigenvalue weighted by molar-refractivity contribution is 0.0939. The summed E-state index contributed by atoms with van der Waals surface area (Å²) in [5.41, 5.74) is 1.26. The van der Waals surface area contributed by atoms with Gasteiger partial charge in [-0.3, -0.25) is 4.79 Å². The van der Waals surface area contributed by atoms with Crippen LogP contribution < -0.4 is 10.1 Å². The second-order valence-corrected chi connectivity index (χ2v) is 9.29. The van der Waals surface area contributed by atoms with Crippen LogP contribution in [0.15, 0.2) is 53.4 Å². The quantitative estimate of drug-likeness (QED) is 0.778. The molecule has 1 N–H and O–H groups in total. The second kappa shape index (κ2) is 8.97. The van der Waals surface area contributed by atoms with E-state index < -0.39 is 10.0 Å². The molecule has 1 heterocycles. The molecule has 0 radical (unpaired) electrons. The van der Waals surface area contributed by atoms with Gasteiger partial charge in [-0.25, -0.2) is 8.42 Å². The molecule has 2 aromatic carbocycles. The topological polar surface area (TPSA) is 75.7 Å². The number of hydrogen-bond donors (Lipinski definition) is 1. The molecule has 0 saturated carbocycles. The van der Waals surface area contributed by atoms with Crippen LogP contribution in [-0.4, -0.2) is 38.3 Å². The van der Waals surface area contributed by atoms with Gasteiger partial charge in [0.25, 0.3) is 5.91 Å². The van der Waals surface area contributed by atoms with Crippen LogP contribution in [0, 0.1) is 0 Å². The van der Waals surface area contributed by atoms with Crippen molar-refractivity contribution in [2.45, 2.75) is 50.1 Å². The molecule has 3 rings (SSSR count). The van der Waals surface area contributed by atoms with Gasteiger partial charge in [-0.15, -0.1) is 0 Å². The van der Waals surface area contributed by atoms with Crippen molar-refractivity contribution in [3.05, 3.63) is 59.7 Å². The molecule has 0 spiro atoms. The highest BCUT2D eigenvalue weighted by Gasteiger charge is 2.33. The SMILES string of the molecule is COc1ccc(C(=O)N[C@H](C)c2ccccc2)cc1S(=O)(=O)N1CCCC[C@H]1C. The molecular formula is C22H28N2O4S. The molecule has 0 bridgehead atoms. The summed E-state index contributed by atoms with van der Waals surface area (Å²) in [6, 6.07) is 13.9. The van der Waals surface area contributed by atoms with Crippen molar-refractivity contribution < 1.29 is 17.9 Å². The Morgan fingerprint density at radius 3 is 2.55 bits per heavy atom. The van der Waals surface area contributed by atoms with Gasteiger partial charge < -0.3 is 10.1 Å². The average Bonchev–Trinajstić information content (AvgIpc) is 2.74. The van der Waals surface area contributed by atoms with E-state index in [9.17, 15) is 13.2 Å². The highest BCUT2D eigenvalue weighted by atomic mass is 32.2. The number of piperidine rings is 1. The first-order valence-electron chi connectivity index (χ1n) is 9.90. The first kappa shape index (κ1) is 21.3. The molecule has 29 heavy (non-hydrogen) atoms. The van der Waals surface area contributed by atoms with E-state index in [0.29, 0.717) is 6.54 Å². The maximum atomic E-state index is 13.3. The maximum absolute atomic E-state index is 13.3. The van der Waals surface area contributed by atoms with Gasteiger partial charge in [0, 0.05) is 18.2 Å². The minimum Gasteiger partial charge on any atom is -0.495 e. The number of sulfonamides is 1. The largest absolute Gasteiger partial charge is 0.495 e. The molecule has 0 aromatic heterocycles. The van der Waals surface area contributed by atoms with E-state index in [1.165, 1.54) is 17.5 Å². The fourth-order valence-corrected chi connectivity index (χ4v) is 5.56. The summed E-state index contributed by atoms with van der Waals surface area (Å²) < 4.78 is 33.4. The fourth-order valence-electron chi connectivity index (χ4n) is 3.68. The van der Waals surface area contributed by atoms with Crippen molar-refractivity contribution in [1.29, 1.82) is 0 Å². The van der Waals surface area contributed by atoms with Crippen LogP contribution in [-0.2, 0) is 10.0 Å². The third-order valence-electron chi connectivity index (χ3n) is 5.40. The molecule has 1 aliphatic heterocycles. The zero-order valence-corrected chi connectivity index (χ0v) is 17.9. The Labute approximate surface area is 172 Å². The highest BCUT2D eigenvalue weighted by Crippen LogP contribution is 2.31. The summed E-state index contributed by atoms with van der Waals surface area (Å²) in [6.45, 7) is 4.29. The molecule has 2 atom stereocenters. The number of nitrogens with one attached hydrogen (secondary N) is 1. The van der Waals surface area contributed by atoms with Gasteiger partial charge in [-0.1, -0.05) is 36.8 Å². The number of carbonyl (C=O) groups is 1. The molecule has 7 heteroatoms. The van der Waals surface area contributed by atoms with E-state index in [0.717, 1.165) is 24.8 Å². The van der Waals surface area contributed by atoms with Crippen molar-refractivity contribution >= 4 is 15.9 Å². The van der Waals surface area contributed by atoms with Gasteiger partial charge in [-0.05, 0) is 50.5 Å². The van der Waals surface area contributed by atoms with Crippen LogP contribution in [0.4, 0.5) is 0 Å². The van der Waals surface area contributed by atoms with Gasteiger partial charge in [0.05, 0.1) is 13.2 Å². The molecule has 1 fully saturated rings. The summed E-state index contributed by atoms with van der Waals surface area (Å²) in [5, 5.41) is 2.93. The van der Waals surface area contributed by atoms with Crippen molar-refractivity contribution in [3.63, 3.8) is 0 Å². The molecule has 1 saturated heterocycles. The average molecular weight is 417 g/mol. The monoisotopic (exact) mass is 416 g/mol. The molecule has 0 aliphatic carbocycles. The lowest BCUT2D eigenvalue weighted by atomic mass is 10.1. The molecule has 1 aliphatic rings.